The topological polar surface area (TPSA) is 35.6 Å². The molecule has 1 N–H and O–H groups in total. The van der Waals surface area contributed by atoms with E-state index in [-0.39, 0.29) is 5.91 Å². The molecule has 0 unspecified atom stereocenters. The Labute approximate surface area is 155 Å². The smallest absolute Gasteiger partial charge is 0.277 e. The first-order chi connectivity index (χ1) is 12.1. The Kier molecular flexibility index (Phi) is 6.00. The first-order valence-corrected chi connectivity index (χ1v) is 9.34. The van der Waals surface area contributed by atoms with E-state index < -0.39 is 0 Å². The van der Waals surface area contributed by atoms with Crippen LogP contribution in [0, 0.1) is 0 Å². The molecule has 4 nitrogen and oxygen atoms in total. The van der Waals surface area contributed by atoms with Crippen molar-refractivity contribution in [3.8, 4) is 0 Å². The quantitative estimate of drug-likeness (QED) is 0.662. The molecule has 0 radical (unpaired) electrons. The van der Waals surface area contributed by atoms with Crippen LogP contribution in [0.5, 0.6) is 0 Å². The molecule has 0 aromatic heterocycles. The molecule has 2 aliphatic heterocycles. The van der Waals surface area contributed by atoms with E-state index in [1.807, 2.05) is 43.3 Å². The Morgan fingerprint density at radius 2 is 1.84 bits per heavy atom. The highest BCUT2D eigenvalue weighted by molar-refractivity contribution is 7.80. The van der Waals surface area contributed by atoms with Crippen LogP contribution in [0.25, 0.3) is 6.08 Å². The maximum absolute atomic E-state index is 12.7. The molecular formula is C20H25N3OS. The highest BCUT2D eigenvalue weighted by Crippen LogP contribution is 2.17. The van der Waals surface area contributed by atoms with Crippen molar-refractivity contribution in [2.75, 3.05) is 19.8 Å². The lowest BCUT2D eigenvalue weighted by Gasteiger charge is -2.25. The summed E-state index contributed by atoms with van der Waals surface area (Å²) in [5, 5.41) is 3.58. The van der Waals surface area contributed by atoms with Crippen LogP contribution in [0.4, 0.5) is 0 Å². The van der Waals surface area contributed by atoms with Gasteiger partial charge in [-0.3, -0.25) is 14.6 Å². The number of thiocarbonyl (C=S) groups is 1. The van der Waals surface area contributed by atoms with Gasteiger partial charge in [0.25, 0.3) is 5.91 Å². The molecule has 2 fully saturated rings. The van der Waals surface area contributed by atoms with Gasteiger partial charge in [-0.2, -0.15) is 0 Å². The van der Waals surface area contributed by atoms with Crippen molar-refractivity contribution in [2.45, 2.75) is 32.6 Å². The van der Waals surface area contributed by atoms with Gasteiger partial charge in [-0.25, -0.2) is 0 Å². The number of hydrogen-bond donors (Lipinski definition) is 1. The van der Waals surface area contributed by atoms with E-state index in [4.69, 9.17) is 12.2 Å². The Morgan fingerprint density at radius 3 is 2.52 bits per heavy atom. The van der Waals surface area contributed by atoms with Crippen LogP contribution in [-0.4, -0.2) is 40.6 Å². The maximum atomic E-state index is 12.7. The van der Waals surface area contributed by atoms with Gasteiger partial charge in [-0.05, 0) is 62.3 Å². The molecule has 0 saturated carbocycles. The van der Waals surface area contributed by atoms with E-state index in [2.05, 4.69) is 16.3 Å². The molecule has 3 rings (SSSR count). The predicted molar refractivity (Wildman–Crippen MR) is 106 cm³/mol. The van der Waals surface area contributed by atoms with Crippen molar-refractivity contribution < 1.29 is 4.79 Å². The van der Waals surface area contributed by atoms with Gasteiger partial charge in [0.15, 0.2) is 5.11 Å². The molecule has 0 atom stereocenters. The van der Waals surface area contributed by atoms with E-state index in [1.165, 1.54) is 25.7 Å². The van der Waals surface area contributed by atoms with Crippen LogP contribution in [0.2, 0.25) is 0 Å². The first kappa shape index (κ1) is 17.8. The number of carbonyl (C=O) groups excluding carboxylic acids is 1. The Bertz CT molecular complexity index is 688. The van der Waals surface area contributed by atoms with Crippen molar-refractivity contribution >= 4 is 29.3 Å². The number of carbonyl (C=O) groups is 1. The van der Waals surface area contributed by atoms with Gasteiger partial charge in [0.2, 0.25) is 0 Å². The van der Waals surface area contributed by atoms with Gasteiger partial charge >= 0.3 is 0 Å². The predicted octanol–water partition coefficient (Wildman–Crippen LogP) is 3.52. The second kappa shape index (κ2) is 8.41. The zero-order chi connectivity index (χ0) is 17.6. The summed E-state index contributed by atoms with van der Waals surface area (Å²) in [6.45, 7) is 4.66. The zero-order valence-electron chi connectivity index (χ0n) is 14.7. The Morgan fingerprint density at radius 1 is 1.16 bits per heavy atom. The lowest BCUT2D eigenvalue weighted by molar-refractivity contribution is -0.123. The second-order valence-electron chi connectivity index (χ2n) is 6.69. The minimum Gasteiger partial charge on any atom is -0.328 e. The summed E-state index contributed by atoms with van der Waals surface area (Å²) < 4.78 is 0. The van der Waals surface area contributed by atoms with E-state index in [0.717, 1.165) is 24.2 Å². The molecule has 0 spiro atoms. The molecular weight excluding hydrogens is 330 g/mol. The summed E-state index contributed by atoms with van der Waals surface area (Å²) in [6.07, 6.45) is 8.89. The van der Waals surface area contributed by atoms with Gasteiger partial charge in [0, 0.05) is 0 Å². The van der Waals surface area contributed by atoms with Crippen LogP contribution in [-0.2, 0) is 4.79 Å². The first-order valence-electron chi connectivity index (χ1n) is 8.94. The normalized spacial score (nSPS) is 21.6. The molecule has 25 heavy (non-hydrogen) atoms. The minimum atomic E-state index is -0.0324. The zero-order valence-corrected chi connectivity index (χ0v) is 15.5. The van der Waals surface area contributed by atoms with Crippen molar-refractivity contribution in [3.05, 3.63) is 53.2 Å². The molecule has 2 heterocycles. The highest BCUT2D eigenvalue weighted by atomic mass is 32.1. The van der Waals surface area contributed by atoms with Gasteiger partial charge in [-0.15, -0.1) is 0 Å². The van der Waals surface area contributed by atoms with Gasteiger partial charge in [-0.1, -0.05) is 49.2 Å². The van der Waals surface area contributed by atoms with Crippen molar-refractivity contribution in [3.63, 3.8) is 0 Å². The van der Waals surface area contributed by atoms with Crippen molar-refractivity contribution in [1.29, 1.82) is 0 Å². The van der Waals surface area contributed by atoms with Crippen molar-refractivity contribution in [1.82, 2.24) is 15.1 Å². The fourth-order valence-electron chi connectivity index (χ4n) is 3.26. The van der Waals surface area contributed by atoms with Gasteiger partial charge in [0.1, 0.15) is 5.70 Å². The van der Waals surface area contributed by atoms with Crippen LogP contribution in [0.3, 0.4) is 0 Å². The highest BCUT2D eigenvalue weighted by Gasteiger charge is 2.31. The summed E-state index contributed by atoms with van der Waals surface area (Å²) in [5.74, 6) is -0.0324. The lowest BCUT2D eigenvalue weighted by Crippen LogP contribution is -2.42. The molecule has 1 aromatic rings. The van der Waals surface area contributed by atoms with E-state index >= 15 is 0 Å². The number of nitrogens with one attached hydrogen (secondary N) is 1. The molecule has 132 valence electrons. The standard InChI is InChI=1S/C20H25N3OS/c1-16(13-17-9-5-4-6-10-17)14-18-19(24)23(20(25)21-18)15-22-11-7-2-3-8-12-22/h4-6,9-10,13-14H,2-3,7-8,11-12,15H2,1H3,(H,21,25)/b16-13+,18-14+. The number of benzene rings is 1. The lowest BCUT2D eigenvalue weighted by atomic mass is 10.1. The Balaban J connectivity index is 1.68. The summed E-state index contributed by atoms with van der Waals surface area (Å²) in [5.41, 5.74) is 2.69. The summed E-state index contributed by atoms with van der Waals surface area (Å²) in [4.78, 5) is 16.7. The van der Waals surface area contributed by atoms with Gasteiger partial charge in [0.05, 0.1) is 6.67 Å². The molecule has 1 amide bonds. The van der Waals surface area contributed by atoms with Crippen LogP contribution >= 0.6 is 12.2 Å². The molecule has 1 aromatic carbocycles. The molecule has 2 saturated heterocycles. The third-order valence-corrected chi connectivity index (χ3v) is 4.89. The maximum Gasteiger partial charge on any atom is 0.277 e. The van der Waals surface area contributed by atoms with E-state index in [1.54, 1.807) is 4.90 Å². The average molecular weight is 356 g/mol. The molecule has 2 aliphatic rings. The second-order valence-corrected chi connectivity index (χ2v) is 7.08. The monoisotopic (exact) mass is 355 g/mol. The molecule has 0 aliphatic carbocycles. The van der Waals surface area contributed by atoms with E-state index in [9.17, 15) is 4.79 Å². The van der Waals surface area contributed by atoms with Crippen molar-refractivity contribution in [2.24, 2.45) is 0 Å². The number of nitrogens with zero attached hydrogens (tertiary/aromatic N) is 2. The largest absolute Gasteiger partial charge is 0.328 e. The Hall–Kier alpha value is -1.98. The number of likely N-dealkylation sites (tertiary alicyclic amines) is 1. The third kappa shape index (κ3) is 4.77. The molecule has 0 bridgehead atoms. The number of amides is 1. The third-order valence-electron chi connectivity index (χ3n) is 4.57. The fraction of sp³-hybridized carbons (Fsp3) is 0.400. The summed E-state index contributed by atoms with van der Waals surface area (Å²) in [7, 11) is 0. The number of allylic oxidation sites excluding steroid dienone is 2. The summed E-state index contributed by atoms with van der Waals surface area (Å²) in [6, 6.07) is 10.1. The number of rotatable bonds is 4. The minimum absolute atomic E-state index is 0.0324. The molecule has 5 heteroatoms. The average Bonchev–Trinajstić information content (AvgIpc) is 2.79. The SMILES string of the molecule is CC(=C\c1ccccc1)/C=C1/NC(=S)N(CN2CCCCCC2)C1=O. The number of hydrogen-bond acceptors (Lipinski definition) is 3. The van der Waals surface area contributed by atoms with Gasteiger partial charge < -0.3 is 5.32 Å². The van der Waals surface area contributed by atoms with E-state index in [0.29, 0.717) is 17.5 Å². The van der Waals surface area contributed by atoms with Crippen LogP contribution in [0.1, 0.15) is 38.2 Å². The van der Waals surface area contributed by atoms with Crippen LogP contribution in [0.15, 0.2) is 47.7 Å². The summed E-state index contributed by atoms with van der Waals surface area (Å²) >= 11 is 5.39. The fourth-order valence-corrected chi connectivity index (χ4v) is 3.51. The van der Waals surface area contributed by atoms with Crippen LogP contribution < -0.4 is 5.32 Å².